The van der Waals surface area contributed by atoms with Crippen molar-refractivity contribution in [2.24, 2.45) is 0 Å². The van der Waals surface area contributed by atoms with Crippen molar-refractivity contribution in [3.8, 4) is 5.75 Å². The zero-order chi connectivity index (χ0) is 31.9. The third-order valence-electron chi connectivity index (χ3n) is 7.91. The van der Waals surface area contributed by atoms with Crippen molar-refractivity contribution >= 4 is 50.7 Å². The molecule has 0 bridgehead atoms. The second kappa shape index (κ2) is 15.1. The van der Waals surface area contributed by atoms with Gasteiger partial charge in [0, 0.05) is 12.6 Å². The number of ether oxygens (including phenoxy) is 1. The molecule has 0 aromatic heterocycles. The van der Waals surface area contributed by atoms with Crippen molar-refractivity contribution < 1.29 is 22.7 Å². The van der Waals surface area contributed by atoms with Gasteiger partial charge in [-0.25, -0.2) is 8.42 Å². The number of nitrogens with zero attached hydrogens (tertiary/aromatic N) is 2. The molecule has 1 aliphatic rings. The quantitative estimate of drug-likeness (QED) is 0.232. The maximum absolute atomic E-state index is 14.3. The molecule has 0 saturated heterocycles. The lowest BCUT2D eigenvalue weighted by Gasteiger charge is -2.34. The molecule has 1 fully saturated rings. The number of hydrogen-bond donors (Lipinski definition) is 1. The molecular weight excluding hydrogens is 621 g/mol. The molecule has 2 amide bonds. The molecule has 0 radical (unpaired) electrons. The topological polar surface area (TPSA) is 96.0 Å². The van der Waals surface area contributed by atoms with E-state index >= 15 is 0 Å². The van der Waals surface area contributed by atoms with Gasteiger partial charge in [-0.15, -0.1) is 0 Å². The predicted molar refractivity (Wildman–Crippen MR) is 175 cm³/mol. The molecule has 1 aliphatic carbocycles. The average Bonchev–Trinajstić information content (AvgIpc) is 3.02. The van der Waals surface area contributed by atoms with E-state index in [-0.39, 0.29) is 39.1 Å². The van der Waals surface area contributed by atoms with Gasteiger partial charge in [-0.05, 0) is 68.1 Å². The Bertz CT molecular complexity index is 1560. The van der Waals surface area contributed by atoms with Crippen LogP contribution in [0.15, 0.2) is 71.6 Å². The summed E-state index contributed by atoms with van der Waals surface area (Å²) in [5, 5.41) is 3.29. The van der Waals surface area contributed by atoms with Crippen LogP contribution in [0, 0.1) is 6.92 Å². The number of rotatable bonds is 12. The number of methoxy groups -OCH3 is 1. The Morgan fingerprint density at radius 3 is 2.34 bits per heavy atom. The number of benzene rings is 3. The van der Waals surface area contributed by atoms with Gasteiger partial charge in [0.1, 0.15) is 18.3 Å². The van der Waals surface area contributed by atoms with E-state index in [2.05, 4.69) is 5.32 Å². The fourth-order valence-electron chi connectivity index (χ4n) is 5.47. The first-order chi connectivity index (χ1) is 21.0. The Morgan fingerprint density at radius 1 is 1.00 bits per heavy atom. The highest BCUT2D eigenvalue weighted by molar-refractivity contribution is 7.92. The number of halogens is 2. The Kier molecular flexibility index (Phi) is 11.6. The summed E-state index contributed by atoms with van der Waals surface area (Å²) in [6, 6.07) is 17.4. The standard InChI is InChI=1S/C33H39Cl2N3O5S/c1-4-29(33(40)36-25-11-6-5-7-12-25)37(21-24-10-8-13-26(20-24)43-3)31(39)22-38(30-15-9-14-28(34)32(30)35)44(41,42)27-18-16-23(2)17-19-27/h8-10,13-20,25,29H,4-7,11-12,21-22H2,1-3H3,(H,36,40). The van der Waals surface area contributed by atoms with Crippen molar-refractivity contribution in [3.63, 3.8) is 0 Å². The second-order valence-electron chi connectivity index (χ2n) is 11.0. The smallest absolute Gasteiger partial charge is 0.264 e. The molecule has 1 atom stereocenters. The molecule has 1 N–H and O–H groups in total. The van der Waals surface area contributed by atoms with Crippen LogP contribution in [0.3, 0.4) is 0 Å². The summed E-state index contributed by atoms with van der Waals surface area (Å²) in [6.45, 7) is 3.15. The van der Waals surface area contributed by atoms with Crippen molar-refractivity contribution in [1.29, 1.82) is 0 Å². The highest BCUT2D eigenvalue weighted by atomic mass is 35.5. The molecule has 11 heteroatoms. The number of anilines is 1. The third-order valence-corrected chi connectivity index (χ3v) is 10.5. The van der Waals surface area contributed by atoms with E-state index in [1.165, 1.54) is 23.1 Å². The molecule has 8 nitrogen and oxygen atoms in total. The van der Waals surface area contributed by atoms with Crippen LogP contribution >= 0.6 is 23.2 Å². The zero-order valence-corrected chi connectivity index (χ0v) is 27.6. The summed E-state index contributed by atoms with van der Waals surface area (Å²) in [4.78, 5) is 29.5. The monoisotopic (exact) mass is 659 g/mol. The van der Waals surface area contributed by atoms with Gasteiger partial charge in [0.2, 0.25) is 11.8 Å². The summed E-state index contributed by atoms with van der Waals surface area (Å²) in [5.74, 6) is -0.224. The summed E-state index contributed by atoms with van der Waals surface area (Å²) in [6.07, 6.45) is 5.34. The highest BCUT2D eigenvalue weighted by Crippen LogP contribution is 2.36. The van der Waals surface area contributed by atoms with E-state index in [4.69, 9.17) is 27.9 Å². The molecule has 0 aliphatic heterocycles. The number of nitrogens with one attached hydrogen (secondary N) is 1. The number of carbonyl (C=O) groups is 2. The van der Waals surface area contributed by atoms with E-state index in [0.29, 0.717) is 12.2 Å². The van der Waals surface area contributed by atoms with Crippen molar-refractivity contribution in [1.82, 2.24) is 10.2 Å². The molecule has 0 heterocycles. The fourth-order valence-corrected chi connectivity index (χ4v) is 7.34. The van der Waals surface area contributed by atoms with E-state index in [1.807, 2.05) is 19.9 Å². The van der Waals surface area contributed by atoms with Crippen LogP contribution in [-0.2, 0) is 26.2 Å². The highest BCUT2D eigenvalue weighted by Gasteiger charge is 2.35. The van der Waals surface area contributed by atoms with Crippen LogP contribution in [0.25, 0.3) is 0 Å². The Morgan fingerprint density at radius 2 is 1.68 bits per heavy atom. The van der Waals surface area contributed by atoms with E-state index in [9.17, 15) is 18.0 Å². The first-order valence-corrected chi connectivity index (χ1v) is 17.0. The van der Waals surface area contributed by atoms with Crippen LogP contribution in [0.1, 0.15) is 56.6 Å². The molecule has 44 heavy (non-hydrogen) atoms. The van der Waals surface area contributed by atoms with Gasteiger partial charge in [0.15, 0.2) is 0 Å². The average molecular weight is 661 g/mol. The van der Waals surface area contributed by atoms with E-state index < -0.39 is 28.5 Å². The lowest BCUT2D eigenvalue weighted by Crippen LogP contribution is -2.54. The normalized spacial score (nSPS) is 14.5. The lowest BCUT2D eigenvalue weighted by molar-refractivity contribution is -0.140. The molecule has 4 rings (SSSR count). The minimum absolute atomic E-state index is 0.000850. The largest absolute Gasteiger partial charge is 0.497 e. The van der Waals surface area contributed by atoms with Gasteiger partial charge in [0.05, 0.1) is 27.7 Å². The summed E-state index contributed by atoms with van der Waals surface area (Å²) >= 11 is 12.8. The van der Waals surface area contributed by atoms with Gasteiger partial charge in [-0.2, -0.15) is 0 Å². The Labute approximate surface area is 270 Å². The maximum Gasteiger partial charge on any atom is 0.264 e. The molecule has 0 spiro atoms. The molecule has 1 unspecified atom stereocenters. The van der Waals surface area contributed by atoms with E-state index in [0.717, 1.165) is 47.5 Å². The Balaban J connectivity index is 1.75. The second-order valence-corrected chi connectivity index (χ2v) is 13.7. The van der Waals surface area contributed by atoms with Crippen LogP contribution in [0.5, 0.6) is 5.75 Å². The fraction of sp³-hybridized carbons (Fsp3) is 0.394. The third kappa shape index (κ3) is 8.06. The van der Waals surface area contributed by atoms with Gasteiger partial charge in [-0.3, -0.25) is 13.9 Å². The van der Waals surface area contributed by atoms with Gasteiger partial charge >= 0.3 is 0 Å². The Hall–Kier alpha value is -3.27. The molecule has 236 valence electrons. The number of amides is 2. The van der Waals surface area contributed by atoms with Crippen molar-refractivity contribution in [2.45, 2.75) is 75.9 Å². The zero-order valence-electron chi connectivity index (χ0n) is 25.3. The molecule has 3 aromatic rings. The van der Waals surface area contributed by atoms with Crippen LogP contribution in [0.2, 0.25) is 10.0 Å². The van der Waals surface area contributed by atoms with Crippen molar-refractivity contribution in [3.05, 3.63) is 87.9 Å². The molecule has 1 saturated carbocycles. The van der Waals surface area contributed by atoms with Gasteiger partial charge < -0.3 is 15.0 Å². The van der Waals surface area contributed by atoms with Crippen LogP contribution in [0.4, 0.5) is 5.69 Å². The number of hydrogen-bond acceptors (Lipinski definition) is 5. The number of sulfonamides is 1. The molecular formula is C33H39Cl2N3O5S. The van der Waals surface area contributed by atoms with Crippen LogP contribution in [-0.4, -0.2) is 50.9 Å². The minimum atomic E-state index is -4.28. The first-order valence-electron chi connectivity index (χ1n) is 14.8. The molecule has 3 aromatic carbocycles. The summed E-state index contributed by atoms with van der Waals surface area (Å²) in [7, 11) is -2.72. The van der Waals surface area contributed by atoms with Crippen LogP contribution < -0.4 is 14.4 Å². The summed E-state index contributed by atoms with van der Waals surface area (Å²) in [5.41, 5.74) is 1.68. The number of carbonyl (C=O) groups excluding carboxylic acids is 2. The maximum atomic E-state index is 14.3. The SMILES string of the molecule is CCC(C(=O)NC1CCCCC1)N(Cc1cccc(OC)c1)C(=O)CN(c1cccc(Cl)c1Cl)S(=O)(=O)c1ccc(C)cc1. The lowest BCUT2D eigenvalue weighted by atomic mass is 9.95. The summed E-state index contributed by atoms with van der Waals surface area (Å²) < 4.78 is 34.6. The first kappa shape index (κ1) is 33.6. The number of aryl methyl sites for hydroxylation is 1. The minimum Gasteiger partial charge on any atom is -0.497 e. The van der Waals surface area contributed by atoms with Gasteiger partial charge in [-0.1, -0.05) is 85.3 Å². The van der Waals surface area contributed by atoms with Crippen molar-refractivity contribution in [2.75, 3.05) is 18.0 Å². The predicted octanol–water partition coefficient (Wildman–Crippen LogP) is 6.76. The van der Waals surface area contributed by atoms with E-state index in [1.54, 1.807) is 49.6 Å². The van der Waals surface area contributed by atoms with Gasteiger partial charge in [0.25, 0.3) is 10.0 Å².